The quantitative estimate of drug-likeness (QED) is 0.858. The van der Waals surface area contributed by atoms with E-state index in [2.05, 4.69) is 5.10 Å². The fourth-order valence-corrected chi connectivity index (χ4v) is 2.12. The molecule has 6 heteroatoms. The normalized spacial score (nSPS) is 10.8. The summed E-state index contributed by atoms with van der Waals surface area (Å²) >= 11 is 1.52. The molecule has 0 saturated heterocycles. The molecule has 0 aliphatic rings. The van der Waals surface area contributed by atoms with Crippen LogP contribution in [0.4, 0.5) is 14.6 Å². The third-order valence-corrected chi connectivity index (χ3v) is 3.12. The van der Waals surface area contributed by atoms with Gasteiger partial charge in [0.1, 0.15) is 17.3 Å². The predicted molar refractivity (Wildman–Crippen MR) is 64.3 cm³/mol. The monoisotopic (exact) mass is 255 g/mol. The summed E-state index contributed by atoms with van der Waals surface area (Å²) in [5.41, 5.74) is 5.99. The topological polar surface area (TPSA) is 43.8 Å². The molecule has 0 amide bonds. The van der Waals surface area contributed by atoms with Crippen molar-refractivity contribution in [1.82, 2.24) is 9.78 Å². The molecule has 0 aliphatic carbocycles. The lowest BCUT2D eigenvalue weighted by molar-refractivity contribution is 0.574. The lowest BCUT2D eigenvalue weighted by atomic mass is 10.3. The second kappa shape index (κ2) is 4.75. The highest BCUT2D eigenvalue weighted by Gasteiger charge is 2.12. The lowest BCUT2D eigenvalue weighted by Gasteiger charge is -2.06. The van der Waals surface area contributed by atoms with E-state index in [0.717, 1.165) is 16.7 Å². The highest BCUT2D eigenvalue weighted by Crippen LogP contribution is 2.27. The van der Waals surface area contributed by atoms with E-state index in [-0.39, 0.29) is 5.69 Å². The Morgan fingerprint density at radius 1 is 1.41 bits per heavy atom. The molecule has 0 unspecified atom stereocenters. The zero-order valence-corrected chi connectivity index (χ0v) is 9.97. The van der Waals surface area contributed by atoms with Gasteiger partial charge in [0, 0.05) is 6.07 Å². The smallest absolute Gasteiger partial charge is 0.151 e. The van der Waals surface area contributed by atoms with E-state index in [1.807, 2.05) is 6.92 Å². The minimum atomic E-state index is -0.687. The van der Waals surface area contributed by atoms with Crippen LogP contribution in [0, 0.1) is 11.6 Å². The number of nitrogen functional groups attached to an aromatic ring is 1. The first-order valence-electron chi connectivity index (χ1n) is 5.05. The number of benzene rings is 1. The van der Waals surface area contributed by atoms with Gasteiger partial charge in [0.05, 0.1) is 11.1 Å². The summed E-state index contributed by atoms with van der Waals surface area (Å²) in [5, 5.41) is 4.00. The molecule has 0 aliphatic heterocycles. The molecular formula is C11H11F2N3S. The first kappa shape index (κ1) is 11.9. The average Bonchev–Trinajstić information content (AvgIpc) is 2.62. The van der Waals surface area contributed by atoms with Gasteiger partial charge >= 0.3 is 0 Å². The zero-order chi connectivity index (χ0) is 12.4. The van der Waals surface area contributed by atoms with Crippen LogP contribution in [0.25, 0.3) is 5.69 Å². The maximum absolute atomic E-state index is 13.5. The molecular weight excluding hydrogens is 244 g/mol. The molecule has 1 aromatic heterocycles. The van der Waals surface area contributed by atoms with Gasteiger partial charge in [-0.05, 0) is 17.9 Å². The van der Waals surface area contributed by atoms with Crippen molar-refractivity contribution in [3.8, 4) is 5.69 Å². The third-order valence-electron chi connectivity index (χ3n) is 2.21. The molecule has 90 valence electrons. The number of nitrogens with zero attached hydrogens (tertiary/aromatic N) is 2. The van der Waals surface area contributed by atoms with Crippen LogP contribution in [-0.4, -0.2) is 15.5 Å². The molecule has 0 fully saturated rings. The van der Waals surface area contributed by atoms with Gasteiger partial charge in [-0.1, -0.05) is 6.92 Å². The van der Waals surface area contributed by atoms with E-state index in [9.17, 15) is 8.78 Å². The van der Waals surface area contributed by atoms with Gasteiger partial charge in [-0.3, -0.25) is 0 Å². The van der Waals surface area contributed by atoms with Crippen LogP contribution in [0.3, 0.4) is 0 Å². The SMILES string of the molecule is CCSc1cnn(-c2ccc(F)cc2F)c1N. The number of aromatic nitrogens is 2. The average molecular weight is 255 g/mol. The van der Waals surface area contributed by atoms with Crippen molar-refractivity contribution in [2.24, 2.45) is 0 Å². The number of hydrogen-bond acceptors (Lipinski definition) is 3. The summed E-state index contributed by atoms with van der Waals surface area (Å²) in [7, 11) is 0. The Hall–Kier alpha value is -1.56. The van der Waals surface area contributed by atoms with Crippen LogP contribution >= 0.6 is 11.8 Å². The highest BCUT2D eigenvalue weighted by atomic mass is 32.2. The summed E-state index contributed by atoms with van der Waals surface area (Å²) in [6.45, 7) is 1.99. The Balaban J connectivity index is 2.46. The van der Waals surface area contributed by atoms with Crippen molar-refractivity contribution in [3.63, 3.8) is 0 Å². The first-order valence-corrected chi connectivity index (χ1v) is 6.03. The lowest BCUT2D eigenvalue weighted by Crippen LogP contribution is -2.04. The van der Waals surface area contributed by atoms with Gasteiger partial charge in [-0.2, -0.15) is 5.10 Å². The van der Waals surface area contributed by atoms with Gasteiger partial charge in [0.2, 0.25) is 0 Å². The van der Waals surface area contributed by atoms with Crippen molar-refractivity contribution >= 4 is 17.6 Å². The van der Waals surface area contributed by atoms with Gasteiger partial charge in [-0.15, -0.1) is 11.8 Å². The molecule has 0 bridgehead atoms. The summed E-state index contributed by atoms with van der Waals surface area (Å²) < 4.78 is 27.6. The molecule has 0 atom stereocenters. The Morgan fingerprint density at radius 3 is 2.82 bits per heavy atom. The number of anilines is 1. The van der Waals surface area contributed by atoms with E-state index in [4.69, 9.17) is 5.73 Å². The molecule has 2 N–H and O–H groups in total. The number of rotatable bonds is 3. The number of thioether (sulfide) groups is 1. The van der Waals surface area contributed by atoms with Crippen LogP contribution in [0.2, 0.25) is 0 Å². The minimum Gasteiger partial charge on any atom is -0.383 e. The number of halogens is 2. The molecule has 17 heavy (non-hydrogen) atoms. The summed E-state index contributed by atoms with van der Waals surface area (Å²) in [5.74, 6) is -0.0998. The summed E-state index contributed by atoms with van der Waals surface area (Å²) in [4.78, 5) is 0.788. The van der Waals surface area contributed by atoms with Crippen LogP contribution in [-0.2, 0) is 0 Å². The molecule has 0 radical (unpaired) electrons. The van der Waals surface area contributed by atoms with E-state index < -0.39 is 11.6 Å². The third kappa shape index (κ3) is 2.26. The van der Waals surface area contributed by atoms with Crippen molar-refractivity contribution in [3.05, 3.63) is 36.0 Å². The molecule has 1 aromatic carbocycles. The van der Waals surface area contributed by atoms with Crippen molar-refractivity contribution in [1.29, 1.82) is 0 Å². The highest BCUT2D eigenvalue weighted by molar-refractivity contribution is 7.99. The Bertz CT molecular complexity index is 540. The van der Waals surface area contributed by atoms with Crippen LogP contribution < -0.4 is 5.73 Å². The van der Waals surface area contributed by atoms with Crippen LogP contribution in [0.15, 0.2) is 29.3 Å². The van der Waals surface area contributed by atoms with E-state index >= 15 is 0 Å². The Morgan fingerprint density at radius 2 is 2.18 bits per heavy atom. The van der Waals surface area contributed by atoms with Gasteiger partial charge < -0.3 is 5.73 Å². The predicted octanol–water partition coefficient (Wildman–Crippen LogP) is 2.84. The van der Waals surface area contributed by atoms with Gasteiger partial charge in [0.15, 0.2) is 5.82 Å². The minimum absolute atomic E-state index is 0.145. The van der Waals surface area contributed by atoms with Gasteiger partial charge in [-0.25, -0.2) is 13.5 Å². The number of hydrogen-bond donors (Lipinski definition) is 1. The fraction of sp³-hybridized carbons (Fsp3) is 0.182. The summed E-state index contributed by atoms with van der Waals surface area (Å²) in [6, 6.07) is 3.30. The van der Waals surface area contributed by atoms with Crippen LogP contribution in [0.1, 0.15) is 6.92 Å². The van der Waals surface area contributed by atoms with Gasteiger partial charge in [0.25, 0.3) is 0 Å². The van der Waals surface area contributed by atoms with Crippen molar-refractivity contribution < 1.29 is 8.78 Å². The Labute approximate surface area is 102 Å². The van der Waals surface area contributed by atoms with E-state index in [1.165, 1.54) is 28.6 Å². The largest absolute Gasteiger partial charge is 0.383 e. The maximum atomic E-state index is 13.5. The Kier molecular flexibility index (Phi) is 3.33. The van der Waals surface area contributed by atoms with Crippen molar-refractivity contribution in [2.75, 3.05) is 11.5 Å². The second-order valence-electron chi connectivity index (χ2n) is 3.33. The molecule has 0 saturated carbocycles. The standard InChI is InChI=1S/C11H11F2N3S/c1-2-17-10-6-15-16(11(10)14)9-4-3-7(12)5-8(9)13/h3-6H,2,14H2,1H3. The first-order chi connectivity index (χ1) is 8.13. The molecule has 2 rings (SSSR count). The van der Waals surface area contributed by atoms with Crippen molar-refractivity contribution in [2.45, 2.75) is 11.8 Å². The number of nitrogens with two attached hydrogens (primary N) is 1. The van der Waals surface area contributed by atoms with E-state index in [0.29, 0.717) is 5.82 Å². The van der Waals surface area contributed by atoms with E-state index in [1.54, 1.807) is 6.20 Å². The molecule has 1 heterocycles. The fourth-order valence-electron chi connectivity index (χ4n) is 1.45. The van der Waals surface area contributed by atoms with Crippen LogP contribution in [0.5, 0.6) is 0 Å². The molecule has 2 aromatic rings. The molecule has 0 spiro atoms. The molecule has 3 nitrogen and oxygen atoms in total. The maximum Gasteiger partial charge on any atom is 0.151 e. The zero-order valence-electron chi connectivity index (χ0n) is 9.15. The second-order valence-corrected chi connectivity index (χ2v) is 4.64. The summed E-state index contributed by atoms with van der Waals surface area (Å²) in [6.07, 6.45) is 1.58.